The Kier molecular flexibility index (Phi) is 3.33. The van der Waals surface area contributed by atoms with Crippen molar-refractivity contribution in [1.82, 2.24) is 4.98 Å². The van der Waals surface area contributed by atoms with Gasteiger partial charge in [0.15, 0.2) is 5.78 Å². The summed E-state index contributed by atoms with van der Waals surface area (Å²) < 4.78 is 0.986. The number of aromatic nitrogens is 1. The number of carbonyl (C=O) groups excluding carboxylic acids is 1. The van der Waals surface area contributed by atoms with Gasteiger partial charge in [0.05, 0.1) is 25.8 Å². The fourth-order valence-corrected chi connectivity index (χ4v) is 3.14. The lowest BCUT2D eigenvalue weighted by molar-refractivity contribution is 0.0996. The molecular formula is C10H8BrNOS2. The molecule has 2 aromatic heterocycles. The van der Waals surface area contributed by atoms with Crippen molar-refractivity contribution >= 4 is 44.4 Å². The molecular weight excluding hydrogens is 294 g/mol. The third-order valence-electron chi connectivity index (χ3n) is 1.86. The first-order chi connectivity index (χ1) is 7.15. The molecule has 0 aliphatic carbocycles. The van der Waals surface area contributed by atoms with E-state index in [9.17, 15) is 4.79 Å². The van der Waals surface area contributed by atoms with Crippen LogP contribution in [-0.2, 0) is 6.42 Å². The Morgan fingerprint density at radius 2 is 2.33 bits per heavy atom. The monoisotopic (exact) mass is 301 g/mol. The van der Waals surface area contributed by atoms with Crippen LogP contribution in [-0.4, -0.2) is 10.8 Å². The number of Topliss-reactive ketones (excluding diaryl/α,β-unsaturated/α-hetero) is 1. The lowest BCUT2D eigenvalue weighted by Gasteiger charge is -1.93. The highest BCUT2D eigenvalue weighted by atomic mass is 79.9. The van der Waals surface area contributed by atoms with Crippen LogP contribution in [0.15, 0.2) is 21.3 Å². The molecule has 0 spiro atoms. The van der Waals surface area contributed by atoms with E-state index in [4.69, 9.17) is 0 Å². The van der Waals surface area contributed by atoms with Gasteiger partial charge in [0, 0.05) is 5.38 Å². The Morgan fingerprint density at radius 3 is 2.87 bits per heavy atom. The molecule has 0 bridgehead atoms. The summed E-state index contributed by atoms with van der Waals surface area (Å²) in [7, 11) is 0. The summed E-state index contributed by atoms with van der Waals surface area (Å²) in [6.07, 6.45) is 0.400. The molecule has 0 aliphatic rings. The zero-order valence-electron chi connectivity index (χ0n) is 7.99. The van der Waals surface area contributed by atoms with Gasteiger partial charge in [0.2, 0.25) is 0 Å². The summed E-state index contributed by atoms with van der Waals surface area (Å²) in [6.45, 7) is 1.94. The van der Waals surface area contributed by atoms with E-state index in [1.165, 1.54) is 11.3 Å². The molecule has 2 heterocycles. The zero-order valence-corrected chi connectivity index (χ0v) is 11.2. The Labute approximate surface area is 104 Å². The van der Waals surface area contributed by atoms with Gasteiger partial charge >= 0.3 is 0 Å². The molecule has 0 aromatic carbocycles. The first kappa shape index (κ1) is 11.0. The lowest BCUT2D eigenvalue weighted by Crippen LogP contribution is -2.01. The summed E-state index contributed by atoms with van der Waals surface area (Å²) >= 11 is 6.38. The van der Waals surface area contributed by atoms with E-state index in [0.29, 0.717) is 6.42 Å². The van der Waals surface area contributed by atoms with E-state index in [1.807, 2.05) is 24.4 Å². The minimum absolute atomic E-state index is 0.135. The zero-order chi connectivity index (χ0) is 10.8. The van der Waals surface area contributed by atoms with Gasteiger partial charge < -0.3 is 0 Å². The second-order valence-corrected chi connectivity index (χ2v) is 6.59. The van der Waals surface area contributed by atoms with Crippen molar-refractivity contribution in [2.75, 3.05) is 0 Å². The number of aryl methyl sites for hydroxylation is 1. The van der Waals surface area contributed by atoms with Crippen molar-refractivity contribution in [2.24, 2.45) is 0 Å². The van der Waals surface area contributed by atoms with Crippen molar-refractivity contribution in [2.45, 2.75) is 13.3 Å². The molecule has 5 heteroatoms. The second-order valence-electron chi connectivity index (χ2n) is 3.06. The normalized spacial score (nSPS) is 10.5. The third kappa shape index (κ3) is 2.74. The first-order valence-corrected chi connectivity index (χ1v) is 6.83. The summed E-state index contributed by atoms with van der Waals surface area (Å²) in [5, 5.41) is 2.95. The van der Waals surface area contributed by atoms with Crippen LogP contribution in [0, 0.1) is 6.92 Å². The van der Waals surface area contributed by atoms with Crippen LogP contribution in [0.5, 0.6) is 0 Å². The molecule has 0 radical (unpaired) electrons. The van der Waals surface area contributed by atoms with Gasteiger partial charge in [-0.2, -0.15) is 0 Å². The maximum absolute atomic E-state index is 11.8. The summed E-state index contributed by atoms with van der Waals surface area (Å²) in [6, 6.07) is 3.74. The van der Waals surface area contributed by atoms with Crippen LogP contribution < -0.4 is 0 Å². The molecule has 78 valence electrons. The van der Waals surface area contributed by atoms with Gasteiger partial charge in [0.1, 0.15) is 0 Å². The largest absolute Gasteiger partial charge is 0.293 e. The predicted molar refractivity (Wildman–Crippen MR) is 66.9 cm³/mol. The van der Waals surface area contributed by atoms with Gasteiger partial charge in [-0.3, -0.25) is 4.79 Å². The topological polar surface area (TPSA) is 30.0 Å². The minimum atomic E-state index is 0.135. The standard InChI is InChI=1S/C10H8BrNOS2/c1-6-12-7(5-14-6)4-8(13)9-2-3-10(11)15-9/h2-3,5H,4H2,1H3. The van der Waals surface area contributed by atoms with Crippen molar-refractivity contribution < 1.29 is 4.79 Å². The number of halogens is 1. The average molecular weight is 302 g/mol. The SMILES string of the molecule is Cc1nc(CC(=O)c2ccc(Br)s2)cs1. The van der Waals surface area contributed by atoms with Crippen molar-refractivity contribution in [1.29, 1.82) is 0 Å². The smallest absolute Gasteiger partial charge is 0.178 e. The molecule has 0 saturated carbocycles. The molecule has 0 fully saturated rings. The number of ketones is 1. The van der Waals surface area contributed by atoms with E-state index < -0.39 is 0 Å². The molecule has 0 saturated heterocycles. The fraction of sp³-hybridized carbons (Fsp3) is 0.200. The van der Waals surface area contributed by atoms with Crippen LogP contribution in [0.1, 0.15) is 20.4 Å². The number of hydrogen-bond acceptors (Lipinski definition) is 4. The van der Waals surface area contributed by atoms with Crippen LogP contribution in [0.4, 0.5) is 0 Å². The molecule has 0 amide bonds. The summed E-state index contributed by atoms with van der Waals surface area (Å²) in [5.41, 5.74) is 0.868. The molecule has 2 rings (SSSR count). The molecule has 0 atom stereocenters. The maximum atomic E-state index is 11.8. The minimum Gasteiger partial charge on any atom is -0.293 e. The predicted octanol–water partition coefficient (Wildman–Crippen LogP) is 3.70. The molecule has 2 aromatic rings. The molecule has 0 unspecified atom stereocenters. The van der Waals surface area contributed by atoms with Crippen molar-refractivity contribution in [3.8, 4) is 0 Å². The molecule has 15 heavy (non-hydrogen) atoms. The highest BCUT2D eigenvalue weighted by molar-refractivity contribution is 9.11. The Bertz CT molecular complexity index is 489. The average Bonchev–Trinajstić information content (AvgIpc) is 2.75. The van der Waals surface area contributed by atoms with Gasteiger partial charge in [-0.1, -0.05) is 0 Å². The number of carbonyl (C=O) groups is 1. The number of nitrogens with zero attached hydrogens (tertiary/aromatic N) is 1. The van der Waals surface area contributed by atoms with Crippen LogP contribution >= 0.6 is 38.6 Å². The first-order valence-electron chi connectivity index (χ1n) is 4.34. The molecule has 0 aliphatic heterocycles. The van der Waals surface area contributed by atoms with Crippen LogP contribution in [0.3, 0.4) is 0 Å². The van der Waals surface area contributed by atoms with E-state index in [1.54, 1.807) is 11.3 Å². The van der Waals surface area contributed by atoms with Gasteiger partial charge in [-0.15, -0.1) is 22.7 Å². The highest BCUT2D eigenvalue weighted by Gasteiger charge is 2.11. The van der Waals surface area contributed by atoms with Gasteiger partial charge in [-0.05, 0) is 35.0 Å². The summed E-state index contributed by atoms with van der Waals surface area (Å²) in [5.74, 6) is 0.135. The fourth-order valence-electron chi connectivity index (χ4n) is 1.21. The van der Waals surface area contributed by atoms with E-state index in [-0.39, 0.29) is 5.78 Å². The number of thiazole rings is 1. The second kappa shape index (κ2) is 4.55. The Balaban J connectivity index is 2.10. The van der Waals surface area contributed by atoms with Gasteiger partial charge in [-0.25, -0.2) is 4.98 Å². The quantitative estimate of drug-likeness (QED) is 0.809. The van der Waals surface area contributed by atoms with Crippen LogP contribution in [0.2, 0.25) is 0 Å². The molecule has 0 N–H and O–H groups in total. The van der Waals surface area contributed by atoms with Crippen molar-refractivity contribution in [3.05, 3.63) is 36.9 Å². The Morgan fingerprint density at radius 1 is 1.53 bits per heavy atom. The highest BCUT2D eigenvalue weighted by Crippen LogP contribution is 2.23. The lowest BCUT2D eigenvalue weighted by atomic mass is 10.2. The van der Waals surface area contributed by atoms with Gasteiger partial charge in [0.25, 0.3) is 0 Å². The Hall–Kier alpha value is -0.520. The molecule has 2 nitrogen and oxygen atoms in total. The number of hydrogen-bond donors (Lipinski definition) is 0. The van der Waals surface area contributed by atoms with E-state index in [0.717, 1.165) is 19.4 Å². The third-order valence-corrected chi connectivity index (χ3v) is 4.34. The number of thiophene rings is 1. The number of rotatable bonds is 3. The van der Waals surface area contributed by atoms with Crippen molar-refractivity contribution in [3.63, 3.8) is 0 Å². The maximum Gasteiger partial charge on any atom is 0.178 e. The van der Waals surface area contributed by atoms with Crippen LogP contribution in [0.25, 0.3) is 0 Å². The van der Waals surface area contributed by atoms with E-state index >= 15 is 0 Å². The van der Waals surface area contributed by atoms with E-state index in [2.05, 4.69) is 20.9 Å². The summed E-state index contributed by atoms with van der Waals surface area (Å²) in [4.78, 5) is 16.8.